The number of fused-ring (bicyclic) bond motifs is 2. The van der Waals surface area contributed by atoms with Crippen LogP contribution in [0.4, 0.5) is 0 Å². The number of hydrogen-bond acceptors (Lipinski definition) is 4. The molecule has 0 aliphatic carbocycles. The van der Waals surface area contributed by atoms with E-state index in [-0.39, 0.29) is 13.6 Å². The summed E-state index contributed by atoms with van der Waals surface area (Å²) < 4.78 is 23.6. The third-order valence-electron chi connectivity index (χ3n) is 5.33. The van der Waals surface area contributed by atoms with Crippen molar-refractivity contribution in [2.75, 3.05) is 26.8 Å². The van der Waals surface area contributed by atoms with E-state index in [1.807, 2.05) is 12.1 Å². The molecule has 0 aromatic heterocycles. The molecule has 0 radical (unpaired) electrons. The molecule has 0 heterocycles. The zero-order valence-electron chi connectivity index (χ0n) is 19.2. The van der Waals surface area contributed by atoms with Gasteiger partial charge in [0.05, 0.1) is 13.2 Å². The monoisotopic (exact) mass is 424 g/mol. The van der Waals surface area contributed by atoms with Gasteiger partial charge in [0, 0.05) is 21.5 Å². The van der Waals surface area contributed by atoms with Crippen molar-refractivity contribution in [3.63, 3.8) is 0 Å². The highest BCUT2D eigenvalue weighted by Gasteiger charge is 2.17. The third-order valence-corrected chi connectivity index (χ3v) is 5.33. The summed E-state index contributed by atoms with van der Waals surface area (Å²) in [6.45, 7) is 8.29. The first kappa shape index (κ1) is 23.4. The molecule has 0 amide bonds. The predicted octanol–water partition coefficient (Wildman–Crippen LogP) is 7.25. The number of rotatable bonds is 14. The van der Waals surface area contributed by atoms with E-state index in [1.165, 1.54) is 24.8 Å². The van der Waals surface area contributed by atoms with E-state index in [0.29, 0.717) is 13.2 Å². The van der Waals surface area contributed by atoms with Gasteiger partial charge in [0.1, 0.15) is 11.5 Å². The zero-order valence-corrected chi connectivity index (χ0v) is 19.2. The fourth-order valence-corrected chi connectivity index (χ4v) is 3.80. The van der Waals surface area contributed by atoms with Gasteiger partial charge in [-0.05, 0) is 37.3 Å². The number of unbranched alkanes of at least 4 members (excludes halogenated alkanes) is 2. The highest BCUT2D eigenvalue weighted by molar-refractivity contribution is 6.11. The van der Waals surface area contributed by atoms with Gasteiger partial charge in [-0.2, -0.15) is 0 Å². The second-order valence-corrected chi connectivity index (χ2v) is 7.88. The Hall–Kier alpha value is -2.30. The van der Waals surface area contributed by atoms with Crippen LogP contribution in [0.3, 0.4) is 0 Å². The second-order valence-electron chi connectivity index (χ2n) is 7.88. The van der Waals surface area contributed by atoms with Crippen LogP contribution < -0.4 is 9.47 Å². The normalized spacial score (nSPS) is 11.3. The van der Waals surface area contributed by atoms with E-state index in [9.17, 15) is 0 Å². The summed E-state index contributed by atoms with van der Waals surface area (Å²) in [4.78, 5) is 0. The fraction of sp³-hybridized carbons (Fsp3) is 0.481. The van der Waals surface area contributed by atoms with Crippen molar-refractivity contribution in [2.24, 2.45) is 0 Å². The van der Waals surface area contributed by atoms with Crippen LogP contribution >= 0.6 is 0 Å². The minimum absolute atomic E-state index is 0.241. The molecule has 0 saturated heterocycles. The van der Waals surface area contributed by atoms with Crippen LogP contribution in [0.5, 0.6) is 11.5 Å². The van der Waals surface area contributed by atoms with E-state index < -0.39 is 0 Å². The fourth-order valence-electron chi connectivity index (χ4n) is 3.80. The van der Waals surface area contributed by atoms with Crippen molar-refractivity contribution in [3.8, 4) is 11.5 Å². The zero-order chi connectivity index (χ0) is 21.9. The van der Waals surface area contributed by atoms with Crippen LogP contribution in [-0.4, -0.2) is 26.8 Å². The Labute approximate surface area is 186 Å². The lowest BCUT2D eigenvalue weighted by Crippen LogP contribution is -2.07. The van der Waals surface area contributed by atoms with E-state index in [4.69, 9.17) is 18.9 Å². The molecule has 3 aromatic carbocycles. The van der Waals surface area contributed by atoms with Gasteiger partial charge in [0.2, 0.25) is 0 Å². The molecule has 0 saturated carbocycles. The van der Waals surface area contributed by atoms with Crippen molar-refractivity contribution >= 4 is 21.5 Å². The van der Waals surface area contributed by atoms with Crippen LogP contribution in [0.15, 0.2) is 42.5 Å². The summed E-state index contributed by atoms with van der Waals surface area (Å²) in [5.74, 6) is 1.71. The molecule has 0 aliphatic rings. The Balaban J connectivity index is 2.05. The number of hydrogen-bond donors (Lipinski definition) is 0. The third kappa shape index (κ3) is 6.11. The van der Waals surface area contributed by atoms with Crippen LogP contribution in [0.25, 0.3) is 21.5 Å². The van der Waals surface area contributed by atoms with E-state index in [0.717, 1.165) is 52.3 Å². The summed E-state index contributed by atoms with van der Waals surface area (Å²) in [6.07, 6.45) is 6.66. The lowest BCUT2D eigenvalue weighted by atomic mass is 9.97. The van der Waals surface area contributed by atoms with Crippen LogP contribution in [0.1, 0.15) is 58.4 Å². The number of ether oxygens (including phenoxy) is 4. The number of aryl methyl sites for hydroxylation is 1. The van der Waals surface area contributed by atoms with Crippen molar-refractivity contribution < 1.29 is 18.9 Å². The topological polar surface area (TPSA) is 36.9 Å². The lowest BCUT2D eigenvalue weighted by molar-refractivity contribution is 0.0160. The lowest BCUT2D eigenvalue weighted by Gasteiger charge is -2.18. The average molecular weight is 425 g/mol. The van der Waals surface area contributed by atoms with Gasteiger partial charge in [-0.3, -0.25) is 0 Å². The van der Waals surface area contributed by atoms with Crippen molar-refractivity contribution in [3.05, 3.63) is 48.0 Å². The molecule has 3 rings (SSSR count). The summed E-state index contributed by atoms with van der Waals surface area (Å²) in [5, 5.41) is 4.17. The quantitative estimate of drug-likeness (QED) is 0.155. The molecule has 168 valence electrons. The second kappa shape index (κ2) is 12.5. The predicted molar refractivity (Wildman–Crippen MR) is 128 cm³/mol. The van der Waals surface area contributed by atoms with Gasteiger partial charge in [0.15, 0.2) is 13.6 Å². The Morgan fingerprint density at radius 1 is 0.613 bits per heavy atom. The Bertz CT molecular complexity index is 951. The highest BCUT2D eigenvalue weighted by atomic mass is 16.7. The highest BCUT2D eigenvalue weighted by Crippen LogP contribution is 2.43. The summed E-state index contributed by atoms with van der Waals surface area (Å²) in [6, 6.07) is 14.9. The largest absolute Gasteiger partial charge is 0.466 e. The molecule has 0 aliphatic heterocycles. The first-order chi connectivity index (χ1) is 15.3. The van der Waals surface area contributed by atoms with E-state index in [1.54, 1.807) is 0 Å². The molecule has 0 unspecified atom stereocenters. The SMILES string of the molecule is CCCCCc1ccc2c(OCOCCC)c3ccccc3c(OCOCCC)c2c1. The molecule has 4 nitrogen and oxygen atoms in total. The minimum Gasteiger partial charge on any atom is -0.466 e. The first-order valence-electron chi connectivity index (χ1n) is 11.7. The molecule has 0 atom stereocenters. The molecule has 0 fully saturated rings. The van der Waals surface area contributed by atoms with Crippen LogP contribution in [0, 0.1) is 0 Å². The van der Waals surface area contributed by atoms with Gasteiger partial charge in [-0.15, -0.1) is 0 Å². The van der Waals surface area contributed by atoms with Crippen LogP contribution in [0.2, 0.25) is 0 Å². The molecule has 3 aromatic rings. The van der Waals surface area contributed by atoms with Crippen molar-refractivity contribution in [1.82, 2.24) is 0 Å². The molecule has 0 N–H and O–H groups in total. The van der Waals surface area contributed by atoms with Crippen molar-refractivity contribution in [2.45, 2.75) is 59.3 Å². The maximum absolute atomic E-state index is 6.20. The molecule has 4 heteroatoms. The first-order valence-corrected chi connectivity index (χ1v) is 11.7. The van der Waals surface area contributed by atoms with Crippen LogP contribution in [-0.2, 0) is 15.9 Å². The van der Waals surface area contributed by atoms with Gasteiger partial charge >= 0.3 is 0 Å². The number of benzene rings is 3. The molecule has 0 bridgehead atoms. The summed E-state index contributed by atoms with van der Waals surface area (Å²) in [5.41, 5.74) is 1.32. The maximum atomic E-state index is 6.20. The standard InChI is InChI=1S/C27H36O4/c1-4-7-8-11-21-14-15-24-25(18-21)27(31-20-29-17-6-3)23-13-10-9-12-22(23)26(24)30-19-28-16-5-2/h9-10,12-15,18H,4-8,11,16-17,19-20H2,1-3H3. The maximum Gasteiger partial charge on any atom is 0.189 e. The Kier molecular flexibility index (Phi) is 9.44. The van der Waals surface area contributed by atoms with E-state index >= 15 is 0 Å². The molecular weight excluding hydrogens is 388 g/mol. The minimum atomic E-state index is 0.241. The average Bonchev–Trinajstić information content (AvgIpc) is 2.80. The molecule has 31 heavy (non-hydrogen) atoms. The summed E-state index contributed by atoms with van der Waals surface area (Å²) in [7, 11) is 0. The van der Waals surface area contributed by atoms with Gasteiger partial charge in [0.25, 0.3) is 0 Å². The smallest absolute Gasteiger partial charge is 0.189 e. The Morgan fingerprint density at radius 3 is 1.77 bits per heavy atom. The van der Waals surface area contributed by atoms with Gasteiger partial charge in [-0.1, -0.05) is 70.0 Å². The molecule has 0 spiro atoms. The van der Waals surface area contributed by atoms with Crippen molar-refractivity contribution in [1.29, 1.82) is 0 Å². The van der Waals surface area contributed by atoms with Gasteiger partial charge in [-0.25, -0.2) is 0 Å². The van der Waals surface area contributed by atoms with Gasteiger partial charge < -0.3 is 18.9 Å². The summed E-state index contributed by atoms with van der Waals surface area (Å²) >= 11 is 0. The van der Waals surface area contributed by atoms with E-state index in [2.05, 4.69) is 51.1 Å². The molecular formula is C27H36O4. The Morgan fingerprint density at radius 2 is 1.19 bits per heavy atom.